The summed E-state index contributed by atoms with van der Waals surface area (Å²) in [6.45, 7) is 2.67. The molecule has 4 heteroatoms. The van der Waals surface area contributed by atoms with E-state index in [4.69, 9.17) is 5.26 Å². The largest absolute Gasteiger partial charge is 0.310 e. The van der Waals surface area contributed by atoms with Crippen molar-refractivity contribution in [3.63, 3.8) is 0 Å². The van der Waals surface area contributed by atoms with E-state index in [1.54, 1.807) is 17.4 Å². The highest BCUT2D eigenvalue weighted by atomic mass is 32.1. The third kappa shape index (κ3) is 4.16. The van der Waals surface area contributed by atoms with Crippen LogP contribution in [0, 0.1) is 17.1 Å². The van der Waals surface area contributed by atoms with E-state index in [0.29, 0.717) is 18.2 Å². The summed E-state index contributed by atoms with van der Waals surface area (Å²) >= 11 is 1.69. The van der Waals surface area contributed by atoms with Gasteiger partial charge in [0.05, 0.1) is 11.6 Å². The topological polar surface area (TPSA) is 35.8 Å². The standard InChI is InChI=1S/C15H15FN2S/c1-11(4-12-2-3-19-10-12)18-9-14-5-13(8-17)6-15(16)7-14/h2-3,5-7,10-11,18H,4,9H2,1H3. The molecule has 0 bridgehead atoms. The second kappa shape index (κ2) is 6.46. The van der Waals surface area contributed by atoms with Crippen LogP contribution in [0.15, 0.2) is 35.0 Å². The van der Waals surface area contributed by atoms with Crippen molar-refractivity contribution in [3.05, 3.63) is 57.5 Å². The Bertz CT molecular complexity index is 572. The molecular formula is C15H15FN2S. The van der Waals surface area contributed by atoms with Crippen LogP contribution in [0.5, 0.6) is 0 Å². The van der Waals surface area contributed by atoms with E-state index in [1.807, 2.05) is 6.07 Å². The molecule has 1 aromatic carbocycles. The van der Waals surface area contributed by atoms with E-state index in [0.717, 1.165) is 12.0 Å². The molecule has 0 aliphatic carbocycles. The molecule has 98 valence electrons. The van der Waals surface area contributed by atoms with Gasteiger partial charge in [-0.15, -0.1) is 0 Å². The van der Waals surface area contributed by atoms with Crippen LogP contribution in [0.25, 0.3) is 0 Å². The summed E-state index contributed by atoms with van der Waals surface area (Å²) in [6.07, 6.45) is 0.948. The fraction of sp³-hybridized carbons (Fsp3) is 0.267. The third-order valence-electron chi connectivity index (χ3n) is 2.86. The number of hydrogen-bond acceptors (Lipinski definition) is 3. The van der Waals surface area contributed by atoms with Gasteiger partial charge >= 0.3 is 0 Å². The molecule has 0 radical (unpaired) electrons. The normalized spacial score (nSPS) is 12.1. The maximum Gasteiger partial charge on any atom is 0.124 e. The number of hydrogen-bond donors (Lipinski definition) is 1. The van der Waals surface area contributed by atoms with Crippen LogP contribution >= 0.6 is 11.3 Å². The molecule has 0 aliphatic rings. The van der Waals surface area contributed by atoms with E-state index in [9.17, 15) is 4.39 Å². The summed E-state index contributed by atoms with van der Waals surface area (Å²) in [7, 11) is 0. The number of thiophene rings is 1. The monoisotopic (exact) mass is 274 g/mol. The predicted octanol–water partition coefficient (Wildman–Crippen LogP) is 3.48. The van der Waals surface area contributed by atoms with E-state index >= 15 is 0 Å². The Morgan fingerprint density at radius 1 is 1.37 bits per heavy atom. The Morgan fingerprint density at radius 2 is 2.21 bits per heavy atom. The van der Waals surface area contributed by atoms with Gasteiger partial charge in [0.15, 0.2) is 0 Å². The molecule has 1 aromatic heterocycles. The Morgan fingerprint density at radius 3 is 2.89 bits per heavy atom. The first kappa shape index (κ1) is 13.7. The van der Waals surface area contributed by atoms with Crippen LogP contribution in [0.1, 0.15) is 23.6 Å². The first-order chi connectivity index (χ1) is 9.17. The highest BCUT2D eigenvalue weighted by Crippen LogP contribution is 2.11. The summed E-state index contributed by atoms with van der Waals surface area (Å²) in [5.74, 6) is -0.360. The smallest absolute Gasteiger partial charge is 0.124 e. The van der Waals surface area contributed by atoms with Gasteiger partial charge in [-0.05, 0) is 59.5 Å². The number of nitriles is 1. The summed E-state index contributed by atoms with van der Waals surface area (Å²) in [4.78, 5) is 0. The Kier molecular flexibility index (Phi) is 4.67. The Hall–Kier alpha value is -1.70. The second-order valence-corrected chi connectivity index (χ2v) is 5.36. The molecule has 2 nitrogen and oxygen atoms in total. The molecule has 2 aromatic rings. The Balaban J connectivity index is 1.91. The van der Waals surface area contributed by atoms with Crippen molar-refractivity contribution in [1.29, 1.82) is 5.26 Å². The van der Waals surface area contributed by atoms with Crippen LogP contribution in [0.4, 0.5) is 4.39 Å². The van der Waals surface area contributed by atoms with Gasteiger partial charge in [0.1, 0.15) is 5.82 Å². The van der Waals surface area contributed by atoms with Crippen molar-refractivity contribution in [1.82, 2.24) is 5.32 Å². The van der Waals surface area contributed by atoms with E-state index in [2.05, 4.69) is 29.1 Å². The van der Waals surface area contributed by atoms with Crippen LogP contribution in [0.3, 0.4) is 0 Å². The summed E-state index contributed by atoms with van der Waals surface area (Å²) < 4.78 is 13.3. The zero-order valence-corrected chi connectivity index (χ0v) is 11.5. The van der Waals surface area contributed by atoms with Crippen molar-refractivity contribution in [2.45, 2.75) is 25.9 Å². The van der Waals surface area contributed by atoms with E-state index in [-0.39, 0.29) is 5.82 Å². The van der Waals surface area contributed by atoms with Crippen LogP contribution < -0.4 is 5.32 Å². The lowest BCUT2D eigenvalue weighted by molar-refractivity contribution is 0.543. The fourth-order valence-electron chi connectivity index (χ4n) is 1.94. The van der Waals surface area contributed by atoms with Gasteiger partial charge in [-0.25, -0.2) is 4.39 Å². The van der Waals surface area contributed by atoms with E-state index < -0.39 is 0 Å². The lowest BCUT2D eigenvalue weighted by Crippen LogP contribution is -2.27. The van der Waals surface area contributed by atoms with Gasteiger partial charge in [-0.1, -0.05) is 0 Å². The first-order valence-corrected chi connectivity index (χ1v) is 7.05. The number of rotatable bonds is 5. The van der Waals surface area contributed by atoms with Crippen LogP contribution in [0.2, 0.25) is 0 Å². The van der Waals surface area contributed by atoms with Gasteiger partial charge < -0.3 is 5.32 Å². The van der Waals surface area contributed by atoms with Crippen molar-refractivity contribution >= 4 is 11.3 Å². The van der Waals surface area contributed by atoms with Crippen LogP contribution in [-0.4, -0.2) is 6.04 Å². The highest BCUT2D eigenvalue weighted by Gasteiger charge is 2.05. The summed E-state index contributed by atoms with van der Waals surface area (Å²) in [5.41, 5.74) is 2.47. The van der Waals surface area contributed by atoms with Crippen molar-refractivity contribution in [3.8, 4) is 6.07 Å². The van der Waals surface area contributed by atoms with Crippen molar-refractivity contribution in [2.24, 2.45) is 0 Å². The first-order valence-electron chi connectivity index (χ1n) is 6.11. The SMILES string of the molecule is CC(Cc1ccsc1)NCc1cc(F)cc(C#N)c1. The van der Waals surface area contributed by atoms with Gasteiger partial charge in [-0.3, -0.25) is 0 Å². The molecule has 2 rings (SSSR count). The quantitative estimate of drug-likeness (QED) is 0.906. The molecule has 0 saturated carbocycles. The molecule has 1 atom stereocenters. The minimum absolute atomic E-state index is 0.309. The van der Waals surface area contributed by atoms with Crippen molar-refractivity contribution < 1.29 is 4.39 Å². The second-order valence-electron chi connectivity index (χ2n) is 4.58. The Labute approximate surface area is 116 Å². The minimum Gasteiger partial charge on any atom is -0.310 e. The maximum absolute atomic E-state index is 13.3. The van der Waals surface area contributed by atoms with Gasteiger partial charge in [0.2, 0.25) is 0 Å². The molecule has 0 aliphatic heterocycles. The minimum atomic E-state index is -0.360. The van der Waals surface area contributed by atoms with Crippen LogP contribution in [-0.2, 0) is 13.0 Å². The van der Waals surface area contributed by atoms with E-state index in [1.165, 1.54) is 17.7 Å². The number of nitrogens with one attached hydrogen (secondary N) is 1. The highest BCUT2D eigenvalue weighted by molar-refractivity contribution is 7.07. The lowest BCUT2D eigenvalue weighted by Gasteiger charge is -2.13. The van der Waals surface area contributed by atoms with Crippen molar-refractivity contribution in [2.75, 3.05) is 0 Å². The average Bonchev–Trinajstić information content (AvgIpc) is 2.88. The summed E-state index contributed by atoms with van der Waals surface area (Å²) in [6, 6.07) is 8.81. The molecule has 0 fully saturated rings. The number of nitrogens with zero attached hydrogens (tertiary/aromatic N) is 1. The number of halogens is 1. The zero-order valence-electron chi connectivity index (χ0n) is 10.7. The van der Waals surface area contributed by atoms with Gasteiger partial charge in [0.25, 0.3) is 0 Å². The lowest BCUT2D eigenvalue weighted by atomic mass is 10.1. The molecule has 1 heterocycles. The molecule has 0 amide bonds. The molecule has 0 spiro atoms. The average molecular weight is 274 g/mol. The molecule has 1 N–H and O–H groups in total. The number of benzene rings is 1. The zero-order chi connectivity index (χ0) is 13.7. The fourth-order valence-corrected chi connectivity index (χ4v) is 2.63. The molecule has 0 saturated heterocycles. The van der Waals surface area contributed by atoms with Gasteiger partial charge in [0, 0.05) is 12.6 Å². The third-order valence-corrected chi connectivity index (χ3v) is 3.60. The molecular weight excluding hydrogens is 259 g/mol. The molecule has 19 heavy (non-hydrogen) atoms. The maximum atomic E-state index is 13.3. The van der Waals surface area contributed by atoms with Gasteiger partial charge in [-0.2, -0.15) is 16.6 Å². The molecule has 1 unspecified atom stereocenters. The predicted molar refractivity (Wildman–Crippen MR) is 75.4 cm³/mol. The summed E-state index contributed by atoms with van der Waals surface area (Å²) in [5, 5.41) is 16.3.